The number of carbonyl (C=O) groups excluding carboxylic acids is 1. The second kappa shape index (κ2) is 4.93. The number of rotatable bonds is 1. The molecule has 1 unspecified atom stereocenters. The molecular weight excluding hydrogens is 229 g/mol. The molecule has 1 fully saturated rings. The third-order valence-electron chi connectivity index (χ3n) is 2.95. The van der Waals surface area contributed by atoms with Gasteiger partial charge in [-0.3, -0.25) is 4.79 Å². The Kier molecular flexibility index (Phi) is 4.05. The molecule has 1 aliphatic heterocycles. The average molecular weight is 244 g/mol. The van der Waals surface area contributed by atoms with Crippen molar-refractivity contribution in [1.29, 1.82) is 0 Å². The average Bonchev–Trinajstić information content (AvgIpc) is 2.18. The summed E-state index contributed by atoms with van der Waals surface area (Å²) >= 11 is 0. The smallest absolute Gasteiger partial charge is 0.136 e. The molecule has 0 bridgehead atoms. The third kappa shape index (κ3) is 2.60. The fourth-order valence-corrected chi connectivity index (χ4v) is 2.04. The summed E-state index contributed by atoms with van der Waals surface area (Å²) in [5, 5.41) is 3.32. The Morgan fingerprint density at radius 1 is 1.31 bits per heavy atom. The highest BCUT2D eigenvalue weighted by atomic mass is 35.5. The normalized spacial score (nSPS) is 25.0. The molecule has 0 aromatic heterocycles. The number of hydrogen-bond donors (Lipinski definition) is 1. The molecular formula is C12H15ClFNO. The van der Waals surface area contributed by atoms with Gasteiger partial charge in [0, 0.05) is 24.9 Å². The minimum absolute atomic E-state index is 0. The number of halogens is 2. The van der Waals surface area contributed by atoms with Gasteiger partial charge in [0.2, 0.25) is 0 Å². The Morgan fingerprint density at radius 2 is 1.94 bits per heavy atom. The molecule has 1 aliphatic rings. The van der Waals surface area contributed by atoms with Crippen molar-refractivity contribution < 1.29 is 9.18 Å². The van der Waals surface area contributed by atoms with Gasteiger partial charge in [0.05, 0.1) is 0 Å². The molecule has 1 saturated heterocycles. The van der Waals surface area contributed by atoms with Gasteiger partial charge in [-0.05, 0) is 24.6 Å². The first-order valence-electron chi connectivity index (χ1n) is 5.13. The maximum atomic E-state index is 12.8. The van der Waals surface area contributed by atoms with E-state index in [0.717, 1.165) is 5.56 Å². The molecule has 1 heterocycles. The Bertz CT molecular complexity index is 379. The maximum absolute atomic E-state index is 12.8. The first kappa shape index (κ1) is 13.1. The number of hydrogen-bond acceptors (Lipinski definition) is 2. The fourth-order valence-electron chi connectivity index (χ4n) is 2.04. The minimum atomic E-state index is -0.330. The first-order chi connectivity index (χ1) is 7.10. The molecule has 16 heavy (non-hydrogen) atoms. The second-order valence-corrected chi connectivity index (χ2v) is 4.23. The van der Waals surface area contributed by atoms with Gasteiger partial charge in [0.25, 0.3) is 0 Å². The molecule has 1 aromatic rings. The van der Waals surface area contributed by atoms with E-state index >= 15 is 0 Å². The quantitative estimate of drug-likeness (QED) is 0.821. The standard InChI is InChI=1S/C12H14FNO.ClH/c1-12(8-11(15)6-7-14-12)9-2-4-10(13)5-3-9;/h2-5,14H,6-8H2,1H3;1H. The minimum Gasteiger partial charge on any atom is -0.307 e. The van der Waals surface area contributed by atoms with E-state index < -0.39 is 0 Å². The van der Waals surface area contributed by atoms with Crippen molar-refractivity contribution in [1.82, 2.24) is 5.32 Å². The topological polar surface area (TPSA) is 29.1 Å². The molecule has 1 atom stereocenters. The Labute approximate surface area is 101 Å². The highest BCUT2D eigenvalue weighted by Crippen LogP contribution is 2.28. The fraction of sp³-hybridized carbons (Fsp3) is 0.417. The van der Waals surface area contributed by atoms with Crippen molar-refractivity contribution in [3.63, 3.8) is 0 Å². The van der Waals surface area contributed by atoms with E-state index in [-0.39, 0.29) is 29.5 Å². The number of nitrogens with one attached hydrogen (secondary N) is 1. The van der Waals surface area contributed by atoms with Crippen molar-refractivity contribution >= 4 is 18.2 Å². The number of benzene rings is 1. The summed E-state index contributed by atoms with van der Waals surface area (Å²) in [4.78, 5) is 11.4. The van der Waals surface area contributed by atoms with Gasteiger partial charge in [-0.1, -0.05) is 12.1 Å². The molecule has 88 valence electrons. The summed E-state index contributed by atoms with van der Waals surface area (Å²) in [5.41, 5.74) is 0.639. The van der Waals surface area contributed by atoms with E-state index in [9.17, 15) is 9.18 Å². The lowest BCUT2D eigenvalue weighted by Gasteiger charge is -2.34. The monoisotopic (exact) mass is 243 g/mol. The van der Waals surface area contributed by atoms with Crippen molar-refractivity contribution in [2.75, 3.05) is 6.54 Å². The molecule has 2 nitrogen and oxygen atoms in total. The molecule has 0 aliphatic carbocycles. The third-order valence-corrected chi connectivity index (χ3v) is 2.95. The van der Waals surface area contributed by atoms with Crippen molar-refractivity contribution in [3.8, 4) is 0 Å². The largest absolute Gasteiger partial charge is 0.307 e. The predicted molar refractivity (Wildman–Crippen MR) is 63.2 cm³/mol. The van der Waals surface area contributed by atoms with Crippen LogP contribution < -0.4 is 5.32 Å². The van der Waals surface area contributed by atoms with Crippen LogP contribution in [0.2, 0.25) is 0 Å². The maximum Gasteiger partial charge on any atom is 0.136 e. The molecule has 0 spiro atoms. The number of Topliss-reactive ketones (excluding diaryl/α,β-unsaturated/α-hetero) is 1. The summed E-state index contributed by atoms with van der Waals surface area (Å²) in [6.45, 7) is 2.68. The SMILES string of the molecule is CC1(c2ccc(F)cc2)CC(=O)CCN1.Cl. The van der Waals surface area contributed by atoms with Crippen LogP contribution in [-0.4, -0.2) is 12.3 Å². The summed E-state index contributed by atoms with van der Waals surface area (Å²) in [5.74, 6) is 0.0186. The van der Waals surface area contributed by atoms with Crippen molar-refractivity contribution in [2.45, 2.75) is 25.3 Å². The van der Waals surface area contributed by atoms with E-state index in [1.54, 1.807) is 12.1 Å². The van der Waals surface area contributed by atoms with Gasteiger partial charge in [-0.15, -0.1) is 12.4 Å². The van der Waals surface area contributed by atoms with Gasteiger partial charge in [0.15, 0.2) is 0 Å². The van der Waals surface area contributed by atoms with Crippen LogP contribution in [0.15, 0.2) is 24.3 Å². The molecule has 1 N–H and O–H groups in total. The van der Waals surface area contributed by atoms with Crippen LogP contribution in [-0.2, 0) is 10.3 Å². The molecule has 0 saturated carbocycles. The summed E-state index contributed by atoms with van der Waals surface area (Å²) in [6, 6.07) is 6.34. The second-order valence-electron chi connectivity index (χ2n) is 4.23. The van der Waals surface area contributed by atoms with E-state index in [1.807, 2.05) is 6.92 Å². The lowest BCUT2D eigenvalue weighted by Crippen LogP contribution is -2.46. The Balaban J connectivity index is 0.00000128. The molecule has 2 rings (SSSR count). The van der Waals surface area contributed by atoms with Crippen LogP contribution >= 0.6 is 12.4 Å². The molecule has 0 amide bonds. The van der Waals surface area contributed by atoms with Crippen LogP contribution in [0.25, 0.3) is 0 Å². The van der Waals surface area contributed by atoms with E-state index in [2.05, 4.69) is 5.32 Å². The molecule has 4 heteroatoms. The van der Waals surface area contributed by atoms with Crippen LogP contribution in [0.5, 0.6) is 0 Å². The van der Waals surface area contributed by atoms with Crippen molar-refractivity contribution in [3.05, 3.63) is 35.6 Å². The van der Waals surface area contributed by atoms with Gasteiger partial charge in [-0.25, -0.2) is 4.39 Å². The van der Waals surface area contributed by atoms with E-state index in [4.69, 9.17) is 0 Å². The lowest BCUT2D eigenvalue weighted by molar-refractivity contribution is -0.122. The molecule has 0 radical (unpaired) electrons. The number of ketones is 1. The van der Waals surface area contributed by atoms with Crippen molar-refractivity contribution in [2.24, 2.45) is 0 Å². The summed E-state index contributed by atoms with van der Waals surface area (Å²) in [6.07, 6.45) is 1.08. The molecule has 1 aromatic carbocycles. The van der Waals surface area contributed by atoms with Gasteiger partial charge < -0.3 is 5.32 Å². The van der Waals surface area contributed by atoms with Gasteiger partial charge in [-0.2, -0.15) is 0 Å². The zero-order valence-electron chi connectivity index (χ0n) is 9.13. The van der Waals surface area contributed by atoms with Gasteiger partial charge in [0.1, 0.15) is 11.6 Å². The Hall–Kier alpha value is -0.930. The summed E-state index contributed by atoms with van der Waals surface area (Å²) in [7, 11) is 0. The highest BCUT2D eigenvalue weighted by Gasteiger charge is 2.32. The zero-order chi connectivity index (χ0) is 10.9. The van der Waals surface area contributed by atoms with Crippen LogP contribution in [0, 0.1) is 5.82 Å². The van der Waals surface area contributed by atoms with Crippen LogP contribution in [0.4, 0.5) is 4.39 Å². The zero-order valence-corrected chi connectivity index (χ0v) is 9.94. The Morgan fingerprint density at radius 3 is 2.50 bits per heavy atom. The van der Waals surface area contributed by atoms with E-state index in [0.29, 0.717) is 19.4 Å². The van der Waals surface area contributed by atoms with E-state index in [1.165, 1.54) is 12.1 Å². The van der Waals surface area contributed by atoms with Gasteiger partial charge >= 0.3 is 0 Å². The number of carbonyl (C=O) groups is 1. The lowest BCUT2D eigenvalue weighted by atomic mass is 9.83. The van der Waals surface area contributed by atoms with Crippen LogP contribution in [0.3, 0.4) is 0 Å². The number of piperidine rings is 1. The van der Waals surface area contributed by atoms with Crippen LogP contribution in [0.1, 0.15) is 25.3 Å². The highest BCUT2D eigenvalue weighted by molar-refractivity contribution is 5.85. The first-order valence-corrected chi connectivity index (χ1v) is 5.13. The predicted octanol–water partition coefficient (Wildman–Crippen LogP) is 2.42. The summed E-state index contributed by atoms with van der Waals surface area (Å²) < 4.78 is 12.8.